The summed E-state index contributed by atoms with van der Waals surface area (Å²) >= 11 is 0. The lowest BCUT2D eigenvalue weighted by molar-refractivity contribution is 0.0385. The number of benzene rings is 1. The van der Waals surface area contributed by atoms with Gasteiger partial charge in [0.15, 0.2) is 0 Å². The highest BCUT2D eigenvalue weighted by Crippen LogP contribution is 2.29. The molecule has 5 heteroatoms. The van der Waals surface area contributed by atoms with E-state index in [9.17, 15) is 8.78 Å². The molecule has 0 aromatic heterocycles. The Morgan fingerprint density at radius 3 is 2.82 bits per heavy atom. The third-order valence-corrected chi connectivity index (χ3v) is 3.14. The third kappa shape index (κ3) is 2.80. The van der Waals surface area contributed by atoms with Crippen LogP contribution in [0.1, 0.15) is 24.4 Å². The maximum Gasteiger partial charge on any atom is 0.130 e. The number of hydrogen-bond donors (Lipinski definition) is 2. The first kappa shape index (κ1) is 12.4. The molecule has 0 aliphatic carbocycles. The number of hydrazine groups is 1. The number of nitrogens with two attached hydrogens (primary N) is 1. The molecule has 1 fully saturated rings. The number of halogens is 2. The van der Waals surface area contributed by atoms with Crippen LogP contribution in [0.25, 0.3) is 0 Å². The minimum Gasteiger partial charge on any atom is -0.381 e. The van der Waals surface area contributed by atoms with Crippen molar-refractivity contribution in [2.24, 2.45) is 11.8 Å². The van der Waals surface area contributed by atoms with E-state index < -0.39 is 11.6 Å². The lowest BCUT2D eigenvalue weighted by Gasteiger charge is -2.30. The van der Waals surface area contributed by atoms with Crippen LogP contribution in [0, 0.1) is 17.6 Å². The highest BCUT2D eigenvalue weighted by atomic mass is 19.1. The lowest BCUT2D eigenvalue weighted by atomic mass is 9.89. The number of ether oxygens (including phenoxy) is 1. The fourth-order valence-corrected chi connectivity index (χ4v) is 2.26. The summed E-state index contributed by atoms with van der Waals surface area (Å²) in [5, 5.41) is 0. The predicted octanol–water partition coefficient (Wildman–Crippen LogP) is 1.90. The minimum atomic E-state index is -0.582. The van der Waals surface area contributed by atoms with E-state index in [1.807, 2.05) is 0 Å². The van der Waals surface area contributed by atoms with Gasteiger partial charge in [-0.15, -0.1) is 0 Å². The monoisotopic (exact) mass is 242 g/mol. The molecule has 2 atom stereocenters. The van der Waals surface area contributed by atoms with E-state index in [4.69, 9.17) is 10.6 Å². The second-order valence-corrected chi connectivity index (χ2v) is 4.29. The van der Waals surface area contributed by atoms with Crippen LogP contribution in [0.4, 0.5) is 8.78 Å². The van der Waals surface area contributed by atoms with Gasteiger partial charge in [0.1, 0.15) is 11.6 Å². The van der Waals surface area contributed by atoms with E-state index in [2.05, 4.69) is 5.43 Å². The Balaban J connectivity index is 2.21. The van der Waals surface area contributed by atoms with E-state index in [0.29, 0.717) is 12.2 Å². The average Bonchev–Trinajstić information content (AvgIpc) is 2.34. The van der Waals surface area contributed by atoms with E-state index in [1.54, 1.807) is 0 Å². The molecule has 0 saturated carbocycles. The summed E-state index contributed by atoms with van der Waals surface area (Å²) in [4.78, 5) is 0. The normalized spacial score (nSPS) is 22.4. The molecule has 0 amide bonds. The average molecular weight is 242 g/mol. The summed E-state index contributed by atoms with van der Waals surface area (Å²) in [5.41, 5.74) is 3.00. The molecule has 17 heavy (non-hydrogen) atoms. The Bertz CT molecular complexity index is 381. The predicted molar refractivity (Wildman–Crippen MR) is 60.0 cm³/mol. The zero-order valence-electron chi connectivity index (χ0n) is 9.46. The highest BCUT2D eigenvalue weighted by molar-refractivity contribution is 5.23. The summed E-state index contributed by atoms with van der Waals surface area (Å²) in [6.07, 6.45) is 1.86. The van der Waals surface area contributed by atoms with Crippen LogP contribution in [0.15, 0.2) is 18.2 Å². The van der Waals surface area contributed by atoms with Crippen LogP contribution in [0.2, 0.25) is 0 Å². The molecule has 0 spiro atoms. The van der Waals surface area contributed by atoms with Gasteiger partial charge in [-0.25, -0.2) is 8.78 Å². The van der Waals surface area contributed by atoms with Gasteiger partial charge in [0.2, 0.25) is 0 Å². The Hall–Kier alpha value is -1.04. The second-order valence-electron chi connectivity index (χ2n) is 4.29. The molecule has 2 unspecified atom stereocenters. The summed E-state index contributed by atoms with van der Waals surface area (Å²) in [7, 11) is 0. The number of hydrogen-bond acceptors (Lipinski definition) is 3. The molecular weight excluding hydrogens is 226 g/mol. The van der Waals surface area contributed by atoms with Gasteiger partial charge in [-0.3, -0.25) is 11.3 Å². The standard InChI is InChI=1S/C12H16F2N2O/c13-9-3-4-10(11(14)6-9)12(16-15)8-2-1-5-17-7-8/h3-4,6,8,12,16H,1-2,5,7,15H2. The van der Waals surface area contributed by atoms with E-state index in [-0.39, 0.29) is 12.0 Å². The summed E-state index contributed by atoms with van der Waals surface area (Å²) in [6, 6.07) is 3.22. The first-order valence-corrected chi connectivity index (χ1v) is 5.71. The molecule has 3 N–H and O–H groups in total. The Morgan fingerprint density at radius 1 is 1.41 bits per heavy atom. The van der Waals surface area contributed by atoms with Crippen molar-refractivity contribution >= 4 is 0 Å². The zero-order valence-corrected chi connectivity index (χ0v) is 9.46. The molecule has 1 saturated heterocycles. The lowest BCUT2D eigenvalue weighted by Crippen LogP contribution is -2.37. The van der Waals surface area contributed by atoms with Crippen molar-refractivity contribution in [3.63, 3.8) is 0 Å². The van der Waals surface area contributed by atoms with Crippen molar-refractivity contribution in [1.29, 1.82) is 0 Å². The molecular formula is C12H16F2N2O. The maximum atomic E-state index is 13.7. The van der Waals surface area contributed by atoms with Crippen LogP contribution in [0.3, 0.4) is 0 Å². The molecule has 1 heterocycles. The highest BCUT2D eigenvalue weighted by Gasteiger charge is 2.26. The third-order valence-electron chi connectivity index (χ3n) is 3.14. The van der Waals surface area contributed by atoms with Crippen LogP contribution < -0.4 is 11.3 Å². The Morgan fingerprint density at radius 2 is 2.24 bits per heavy atom. The van der Waals surface area contributed by atoms with Crippen molar-refractivity contribution in [1.82, 2.24) is 5.43 Å². The van der Waals surface area contributed by atoms with E-state index in [1.165, 1.54) is 12.1 Å². The van der Waals surface area contributed by atoms with E-state index >= 15 is 0 Å². The fraction of sp³-hybridized carbons (Fsp3) is 0.500. The van der Waals surface area contributed by atoms with Crippen molar-refractivity contribution in [3.8, 4) is 0 Å². The minimum absolute atomic E-state index is 0.119. The SMILES string of the molecule is NNC(c1ccc(F)cc1F)C1CCCOC1. The van der Waals surface area contributed by atoms with Crippen LogP contribution in [-0.2, 0) is 4.74 Å². The number of rotatable bonds is 3. The fourth-order valence-electron chi connectivity index (χ4n) is 2.26. The topological polar surface area (TPSA) is 47.3 Å². The van der Waals surface area contributed by atoms with Crippen molar-refractivity contribution in [3.05, 3.63) is 35.4 Å². The van der Waals surface area contributed by atoms with Crippen LogP contribution >= 0.6 is 0 Å². The van der Waals surface area contributed by atoms with Crippen LogP contribution in [-0.4, -0.2) is 13.2 Å². The largest absolute Gasteiger partial charge is 0.381 e. The van der Waals surface area contributed by atoms with E-state index in [0.717, 1.165) is 25.5 Å². The van der Waals surface area contributed by atoms with Gasteiger partial charge >= 0.3 is 0 Å². The van der Waals surface area contributed by atoms with Crippen molar-refractivity contribution in [2.75, 3.05) is 13.2 Å². The first-order valence-electron chi connectivity index (χ1n) is 5.71. The molecule has 3 nitrogen and oxygen atoms in total. The summed E-state index contributed by atoms with van der Waals surface area (Å²) in [6.45, 7) is 1.28. The molecule has 1 aromatic carbocycles. The quantitative estimate of drug-likeness (QED) is 0.628. The molecule has 0 radical (unpaired) electrons. The van der Waals surface area contributed by atoms with Gasteiger partial charge < -0.3 is 4.74 Å². The second kappa shape index (κ2) is 5.53. The van der Waals surface area contributed by atoms with Gasteiger partial charge in [-0.05, 0) is 18.9 Å². The van der Waals surface area contributed by atoms with Gasteiger partial charge in [0.25, 0.3) is 0 Å². The molecule has 94 valence electrons. The van der Waals surface area contributed by atoms with Crippen molar-refractivity contribution in [2.45, 2.75) is 18.9 Å². The summed E-state index contributed by atoms with van der Waals surface area (Å²) in [5.74, 6) is 4.44. The Labute approximate surface area is 98.9 Å². The molecule has 1 aliphatic rings. The maximum absolute atomic E-state index is 13.7. The molecule has 1 aliphatic heterocycles. The molecule has 2 rings (SSSR count). The first-order chi connectivity index (χ1) is 8.22. The van der Waals surface area contributed by atoms with Gasteiger partial charge in [-0.1, -0.05) is 6.07 Å². The van der Waals surface area contributed by atoms with Gasteiger partial charge in [0, 0.05) is 24.2 Å². The smallest absolute Gasteiger partial charge is 0.130 e. The van der Waals surface area contributed by atoms with Gasteiger partial charge in [0.05, 0.1) is 12.6 Å². The summed E-state index contributed by atoms with van der Waals surface area (Å²) < 4.78 is 31.9. The van der Waals surface area contributed by atoms with Gasteiger partial charge in [-0.2, -0.15) is 0 Å². The van der Waals surface area contributed by atoms with Crippen molar-refractivity contribution < 1.29 is 13.5 Å². The van der Waals surface area contributed by atoms with Crippen LogP contribution in [0.5, 0.6) is 0 Å². The number of nitrogens with one attached hydrogen (secondary N) is 1. The molecule has 1 aromatic rings. The molecule has 0 bridgehead atoms. The zero-order chi connectivity index (χ0) is 12.3. The Kier molecular flexibility index (Phi) is 4.04.